The molecule has 1 heterocycles. The Morgan fingerprint density at radius 2 is 1.79 bits per heavy atom. The van der Waals surface area contributed by atoms with Crippen LogP contribution < -0.4 is 0 Å². The third kappa shape index (κ3) is 1.96. The Bertz CT molecular complexity index is 175. The summed E-state index contributed by atoms with van der Waals surface area (Å²) in [5.41, 5.74) is 0. The van der Waals surface area contributed by atoms with Crippen LogP contribution in [0, 0.1) is 11.8 Å². The van der Waals surface area contributed by atoms with Crippen LogP contribution in [0.3, 0.4) is 0 Å². The van der Waals surface area contributed by atoms with Crippen LogP contribution in [-0.4, -0.2) is 19.0 Å². The minimum atomic E-state index is -0.163. The first-order chi connectivity index (χ1) is 6.76. The molecule has 1 saturated carbocycles. The molecule has 0 amide bonds. The van der Waals surface area contributed by atoms with Crippen molar-refractivity contribution in [3.05, 3.63) is 0 Å². The molecule has 2 heteroatoms. The van der Waals surface area contributed by atoms with Crippen molar-refractivity contribution in [3.63, 3.8) is 0 Å². The molecule has 1 spiro atoms. The summed E-state index contributed by atoms with van der Waals surface area (Å²) < 4.78 is 11.9. The lowest BCUT2D eigenvalue weighted by Gasteiger charge is -2.39. The molecule has 0 aromatic carbocycles. The highest BCUT2D eigenvalue weighted by Crippen LogP contribution is 2.38. The van der Waals surface area contributed by atoms with Gasteiger partial charge in [-0.25, -0.2) is 0 Å². The molecule has 14 heavy (non-hydrogen) atoms. The van der Waals surface area contributed by atoms with Gasteiger partial charge in [0.05, 0.1) is 13.2 Å². The van der Waals surface area contributed by atoms with E-state index in [4.69, 9.17) is 9.47 Å². The van der Waals surface area contributed by atoms with Gasteiger partial charge >= 0.3 is 0 Å². The second kappa shape index (κ2) is 4.19. The highest BCUT2D eigenvalue weighted by molar-refractivity contribution is 4.82. The molecule has 0 radical (unpaired) electrons. The predicted molar refractivity (Wildman–Crippen MR) is 56.0 cm³/mol. The third-order valence-corrected chi connectivity index (χ3v) is 3.93. The smallest absolute Gasteiger partial charge is 0.168 e. The van der Waals surface area contributed by atoms with Crippen LogP contribution in [0.2, 0.25) is 0 Å². The average Bonchev–Trinajstić information content (AvgIpc) is 2.67. The van der Waals surface area contributed by atoms with E-state index in [0.717, 1.165) is 32.0 Å². The second-order valence-corrected chi connectivity index (χ2v) is 4.89. The SMILES string of the molecule is CCC(C)C1COC2(CCCC2)OC1. The van der Waals surface area contributed by atoms with Gasteiger partial charge in [0.2, 0.25) is 0 Å². The fraction of sp³-hybridized carbons (Fsp3) is 1.00. The number of ether oxygens (including phenoxy) is 2. The Balaban J connectivity index is 1.85. The number of hydrogen-bond acceptors (Lipinski definition) is 2. The van der Waals surface area contributed by atoms with Crippen molar-refractivity contribution in [2.24, 2.45) is 11.8 Å². The van der Waals surface area contributed by atoms with Gasteiger partial charge in [0.1, 0.15) is 0 Å². The monoisotopic (exact) mass is 198 g/mol. The van der Waals surface area contributed by atoms with Gasteiger partial charge in [-0.2, -0.15) is 0 Å². The van der Waals surface area contributed by atoms with E-state index in [-0.39, 0.29) is 5.79 Å². The molecule has 0 bridgehead atoms. The van der Waals surface area contributed by atoms with Crippen LogP contribution in [0.1, 0.15) is 46.0 Å². The molecule has 1 aliphatic heterocycles. The summed E-state index contributed by atoms with van der Waals surface area (Å²) in [6.45, 7) is 6.36. The zero-order valence-electron chi connectivity index (χ0n) is 9.42. The van der Waals surface area contributed by atoms with Gasteiger partial charge in [0.15, 0.2) is 5.79 Å². The lowest BCUT2D eigenvalue weighted by Crippen LogP contribution is -2.43. The van der Waals surface area contributed by atoms with Gasteiger partial charge in [0, 0.05) is 18.8 Å². The fourth-order valence-electron chi connectivity index (χ4n) is 2.47. The Hall–Kier alpha value is -0.0800. The first-order valence-electron chi connectivity index (χ1n) is 6.04. The molecule has 1 unspecified atom stereocenters. The molecule has 0 aromatic rings. The van der Waals surface area contributed by atoms with Crippen LogP contribution in [0.5, 0.6) is 0 Å². The van der Waals surface area contributed by atoms with E-state index in [2.05, 4.69) is 13.8 Å². The normalized spacial score (nSPS) is 29.6. The maximum absolute atomic E-state index is 5.94. The summed E-state index contributed by atoms with van der Waals surface area (Å²) in [5.74, 6) is 1.18. The number of hydrogen-bond donors (Lipinski definition) is 0. The van der Waals surface area contributed by atoms with Crippen molar-refractivity contribution in [2.75, 3.05) is 13.2 Å². The summed E-state index contributed by atoms with van der Waals surface area (Å²) in [4.78, 5) is 0. The first kappa shape index (κ1) is 10.4. The lowest BCUT2D eigenvalue weighted by molar-refractivity contribution is -0.283. The molecule has 1 aliphatic carbocycles. The van der Waals surface area contributed by atoms with Crippen LogP contribution >= 0.6 is 0 Å². The Morgan fingerprint density at radius 3 is 2.29 bits per heavy atom. The molecule has 82 valence electrons. The van der Waals surface area contributed by atoms with Crippen molar-refractivity contribution in [3.8, 4) is 0 Å². The summed E-state index contributed by atoms with van der Waals surface area (Å²) in [6, 6.07) is 0. The van der Waals surface area contributed by atoms with Crippen molar-refractivity contribution in [1.29, 1.82) is 0 Å². The zero-order valence-corrected chi connectivity index (χ0v) is 9.42. The molecular weight excluding hydrogens is 176 g/mol. The zero-order chi connectivity index (χ0) is 10.0. The van der Waals surface area contributed by atoms with E-state index in [9.17, 15) is 0 Å². The third-order valence-electron chi connectivity index (χ3n) is 3.93. The summed E-state index contributed by atoms with van der Waals surface area (Å²) >= 11 is 0. The molecular formula is C12H22O2. The molecule has 0 N–H and O–H groups in total. The standard InChI is InChI=1S/C12H22O2/c1-3-10(2)11-8-13-12(14-9-11)6-4-5-7-12/h10-11H,3-9H2,1-2H3. The van der Waals surface area contributed by atoms with E-state index < -0.39 is 0 Å². The summed E-state index contributed by atoms with van der Waals surface area (Å²) in [7, 11) is 0. The van der Waals surface area contributed by atoms with E-state index >= 15 is 0 Å². The Labute approximate surface area is 87.0 Å². The Morgan fingerprint density at radius 1 is 1.21 bits per heavy atom. The predicted octanol–water partition coefficient (Wildman–Crippen LogP) is 2.97. The largest absolute Gasteiger partial charge is 0.350 e. The fourth-order valence-corrected chi connectivity index (χ4v) is 2.47. The van der Waals surface area contributed by atoms with Crippen LogP contribution in [0.15, 0.2) is 0 Å². The average molecular weight is 198 g/mol. The van der Waals surface area contributed by atoms with Crippen LogP contribution in [-0.2, 0) is 9.47 Å². The minimum absolute atomic E-state index is 0.163. The van der Waals surface area contributed by atoms with Crippen LogP contribution in [0.4, 0.5) is 0 Å². The summed E-state index contributed by atoms with van der Waals surface area (Å²) in [5, 5.41) is 0. The maximum atomic E-state index is 5.94. The van der Waals surface area contributed by atoms with E-state index in [0.29, 0.717) is 5.92 Å². The van der Waals surface area contributed by atoms with Gasteiger partial charge in [-0.15, -0.1) is 0 Å². The van der Waals surface area contributed by atoms with Crippen molar-refractivity contribution in [2.45, 2.75) is 51.7 Å². The van der Waals surface area contributed by atoms with Gasteiger partial charge in [-0.05, 0) is 18.8 Å². The summed E-state index contributed by atoms with van der Waals surface area (Å²) in [6.07, 6.45) is 5.99. The molecule has 2 rings (SSSR count). The van der Waals surface area contributed by atoms with Crippen molar-refractivity contribution < 1.29 is 9.47 Å². The van der Waals surface area contributed by atoms with E-state index in [1.54, 1.807) is 0 Å². The molecule has 1 saturated heterocycles. The lowest BCUT2D eigenvalue weighted by atomic mass is 9.92. The highest BCUT2D eigenvalue weighted by Gasteiger charge is 2.40. The van der Waals surface area contributed by atoms with E-state index in [1.165, 1.54) is 19.3 Å². The van der Waals surface area contributed by atoms with E-state index in [1.807, 2.05) is 0 Å². The topological polar surface area (TPSA) is 18.5 Å². The van der Waals surface area contributed by atoms with Crippen LogP contribution in [0.25, 0.3) is 0 Å². The molecule has 0 aromatic heterocycles. The second-order valence-electron chi connectivity index (χ2n) is 4.89. The number of rotatable bonds is 2. The quantitative estimate of drug-likeness (QED) is 0.679. The van der Waals surface area contributed by atoms with Gasteiger partial charge in [0.25, 0.3) is 0 Å². The molecule has 2 aliphatic rings. The van der Waals surface area contributed by atoms with Crippen molar-refractivity contribution >= 4 is 0 Å². The van der Waals surface area contributed by atoms with Crippen molar-refractivity contribution in [1.82, 2.24) is 0 Å². The van der Waals surface area contributed by atoms with Gasteiger partial charge in [-0.3, -0.25) is 0 Å². The first-order valence-corrected chi connectivity index (χ1v) is 6.04. The molecule has 2 nitrogen and oxygen atoms in total. The molecule has 2 fully saturated rings. The minimum Gasteiger partial charge on any atom is -0.350 e. The maximum Gasteiger partial charge on any atom is 0.168 e. The molecule has 1 atom stereocenters. The van der Waals surface area contributed by atoms with Gasteiger partial charge in [-0.1, -0.05) is 20.3 Å². The highest BCUT2D eigenvalue weighted by atomic mass is 16.7. The van der Waals surface area contributed by atoms with Gasteiger partial charge < -0.3 is 9.47 Å². The Kier molecular flexibility index (Phi) is 3.13.